The molecule has 0 unspecified atom stereocenters. The van der Waals surface area contributed by atoms with Gasteiger partial charge in [0.1, 0.15) is 0 Å². The van der Waals surface area contributed by atoms with Gasteiger partial charge in [0.05, 0.1) is 5.41 Å². The molecular formula is C13H16ClF3N2O2. The van der Waals surface area contributed by atoms with Gasteiger partial charge in [0.25, 0.3) is 0 Å². The number of benzene rings is 1. The molecule has 1 aromatic carbocycles. The van der Waals surface area contributed by atoms with Crippen molar-refractivity contribution in [2.45, 2.75) is 12.8 Å². The molecular weight excluding hydrogens is 309 g/mol. The summed E-state index contributed by atoms with van der Waals surface area (Å²) in [4.78, 5) is 12.2. The summed E-state index contributed by atoms with van der Waals surface area (Å²) < 4.78 is 44.2. The third-order valence-electron chi connectivity index (χ3n) is 3.56. The number of halogens is 4. The largest absolute Gasteiger partial charge is 0.381 e. The Balaban J connectivity index is 0.00000220. The molecule has 118 valence electrons. The Morgan fingerprint density at radius 2 is 1.76 bits per heavy atom. The summed E-state index contributed by atoms with van der Waals surface area (Å²) in [7, 11) is 0. The average Bonchev–Trinajstić information content (AvgIpc) is 2.45. The van der Waals surface area contributed by atoms with E-state index in [4.69, 9.17) is 10.5 Å². The van der Waals surface area contributed by atoms with Crippen LogP contribution in [0.5, 0.6) is 0 Å². The molecule has 0 aromatic heterocycles. The minimum absolute atomic E-state index is 0. The molecule has 0 radical (unpaired) electrons. The maximum absolute atomic E-state index is 13.1. The smallest absolute Gasteiger partial charge is 0.232 e. The summed E-state index contributed by atoms with van der Waals surface area (Å²) in [5.74, 6) is -4.71. The maximum atomic E-state index is 13.1. The van der Waals surface area contributed by atoms with Crippen molar-refractivity contribution in [3.63, 3.8) is 0 Å². The van der Waals surface area contributed by atoms with E-state index in [2.05, 4.69) is 5.32 Å². The van der Waals surface area contributed by atoms with Crippen molar-refractivity contribution in [3.05, 3.63) is 29.6 Å². The number of carbonyl (C=O) groups excluding carboxylic acids is 1. The summed E-state index contributed by atoms with van der Waals surface area (Å²) in [5.41, 5.74) is 4.70. The molecule has 1 heterocycles. The highest BCUT2D eigenvalue weighted by molar-refractivity contribution is 5.95. The molecule has 1 amide bonds. The summed E-state index contributed by atoms with van der Waals surface area (Å²) in [6.45, 7) is 0.905. The van der Waals surface area contributed by atoms with Crippen molar-refractivity contribution < 1.29 is 22.7 Å². The van der Waals surface area contributed by atoms with Gasteiger partial charge in [-0.25, -0.2) is 13.2 Å². The van der Waals surface area contributed by atoms with Gasteiger partial charge >= 0.3 is 0 Å². The van der Waals surface area contributed by atoms with Crippen molar-refractivity contribution in [2.24, 2.45) is 11.1 Å². The molecule has 0 saturated carbocycles. The minimum Gasteiger partial charge on any atom is -0.381 e. The maximum Gasteiger partial charge on any atom is 0.232 e. The van der Waals surface area contributed by atoms with Gasteiger partial charge in [0.2, 0.25) is 5.91 Å². The van der Waals surface area contributed by atoms with E-state index in [1.54, 1.807) is 0 Å². The molecule has 1 fully saturated rings. The first kappa shape index (κ1) is 17.7. The predicted octanol–water partition coefficient (Wildman–Crippen LogP) is 2.22. The molecule has 4 nitrogen and oxygen atoms in total. The van der Waals surface area contributed by atoms with E-state index in [9.17, 15) is 18.0 Å². The SMILES string of the molecule is Cl.NCC1(C(=O)Nc2cc(F)c(F)c(F)c2)CCOCC1. The van der Waals surface area contributed by atoms with Crippen LogP contribution in [0.3, 0.4) is 0 Å². The van der Waals surface area contributed by atoms with Crippen LogP contribution >= 0.6 is 12.4 Å². The topological polar surface area (TPSA) is 64.4 Å². The number of rotatable bonds is 3. The van der Waals surface area contributed by atoms with E-state index >= 15 is 0 Å². The van der Waals surface area contributed by atoms with Crippen LogP contribution in [0.2, 0.25) is 0 Å². The summed E-state index contributed by atoms with van der Waals surface area (Å²) in [5, 5.41) is 2.39. The van der Waals surface area contributed by atoms with Crippen molar-refractivity contribution in [3.8, 4) is 0 Å². The second-order valence-electron chi connectivity index (χ2n) is 4.80. The van der Waals surface area contributed by atoms with E-state index < -0.39 is 28.8 Å². The lowest BCUT2D eigenvalue weighted by molar-refractivity contribution is -0.130. The first-order valence-electron chi connectivity index (χ1n) is 6.22. The zero-order chi connectivity index (χ0) is 14.8. The number of nitrogens with one attached hydrogen (secondary N) is 1. The number of ether oxygens (including phenoxy) is 1. The Morgan fingerprint density at radius 1 is 1.24 bits per heavy atom. The Kier molecular flexibility index (Phi) is 6.00. The Morgan fingerprint density at radius 3 is 2.24 bits per heavy atom. The van der Waals surface area contributed by atoms with E-state index in [1.807, 2.05) is 0 Å². The molecule has 1 saturated heterocycles. The molecule has 0 bridgehead atoms. The first-order chi connectivity index (χ1) is 9.48. The van der Waals surface area contributed by atoms with Gasteiger partial charge in [-0.15, -0.1) is 12.4 Å². The highest BCUT2D eigenvalue weighted by Crippen LogP contribution is 2.31. The number of hydrogen-bond donors (Lipinski definition) is 2. The van der Waals surface area contributed by atoms with Gasteiger partial charge in [0, 0.05) is 37.6 Å². The molecule has 8 heteroatoms. The van der Waals surface area contributed by atoms with Gasteiger partial charge in [-0.05, 0) is 12.8 Å². The van der Waals surface area contributed by atoms with Crippen LogP contribution in [-0.4, -0.2) is 25.7 Å². The molecule has 0 atom stereocenters. The summed E-state index contributed by atoms with van der Waals surface area (Å²) >= 11 is 0. The molecule has 21 heavy (non-hydrogen) atoms. The summed E-state index contributed by atoms with van der Waals surface area (Å²) in [6.07, 6.45) is 0.864. The van der Waals surface area contributed by atoms with Crippen LogP contribution in [0.25, 0.3) is 0 Å². The Hall–Kier alpha value is -1.31. The standard InChI is InChI=1S/C13H15F3N2O2.ClH/c14-9-5-8(6-10(15)11(9)16)18-12(19)13(7-17)1-3-20-4-2-13;/h5-6H,1-4,7,17H2,(H,18,19);1H. The van der Waals surface area contributed by atoms with Gasteiger partial charge in [-0.2, -0.15) is 0 Å². The Labute approximate surface area is 126 Å². The lowest BCUT2D eigenvalue weighted by Gasteiger charge is -2.34. The lowest BCUT2D eigenvalue weighted by Crippen LogP contribution is -2.46. The molecule has 1 aromatic rings. The molecule has 3 N–H and O–H groups in total. The van der Waals surface area contributed by atoms with Gasteiger partial charge in [0.15, 0.2) is 17.5 Å². The monoisotopic (exact) mass is 324 g/mol. The normalized spacial score (nSPS) is 17.0. The molecule has 0 spiro atoms. The van der Waals surface area contributed by atoms with Crippen molar-refractivity contribution in [2.75, 3.05) is 25.1 Å². The minimum atomic E-state index is -1.57. The fourth-order valence-corrected chi connectivity index (χ4v) is 2.18. The fourth-order valence-electron chi connectivity index (χ4n) is 2.18. The first-order valence-corrected chi connectivity index (χ1v) is 6.22. The Bertz CT molecular complexity index is 499. The van der Waals surface area contributed by atoms with E-state index in [0.717, 1.165) is 12.1 Å². The van der Waals surface area contributed by atoms with Crippen molar-refractivity contribution in [1.29, 1.82) is 0 Å². The molecule has 2 rings (SSSR count). The number of nitrogens with two attached hydrogens (primary N) is 1. The molecule has 1 aliphatic heterocycles. The van der Waals surface area contributed by atoms with Gasteiger partial charge in [-0.1, -0.05) is 0 Å². The van der Waals surface area contributed by atoms with Crippen LogP contribution in [0.1, 0.15) is 12.8 Å². The van der Waals surface area contributed by atoms with Crippen LogP contribution in [0.15, 0.2) is 12.1 Å². The van der Waals surface area contributed by atoms with Crippen LogP contribution in [0, 0.1) is 22.9 Å². The van der Waals surface area contributed by atoms with Crippen LogP contribution < -0.4 is 11.1 Å². The molecule has 1 aliphatic rings. The predicted molar refractivity (Wildman–Crippen MR) is 73.7 cm³/mol. The van der Waals surface area contributed by atoms with Crippen LogP contribution in [0.4, 0.5) is 18.9 Å². The van der Waals surface area contributed by atoms with Crippen molar-refractivity contribution in [1.82, 2.24) is 0 Å². The second kappa shape index (κ2) is 7.11. The lowest BCUT2D eigenvalue weighted by atomic mass is 9.79. The van der Waals surface area contributed by atoms with E-state index in [0.29, 0.717) is 26.1 Å². The average molecular weight is 325 g/mol. The number of hydrogen-bond acceptors (Lipinski definition) is 3. The van der Waals surface area contributed by atoms with Gasteiger partial charge < -0.3 is 15.8 Å². The third-order valence-corrected chi connectivity index (χ3v) is 3.56. The fraction of sp³-hybridized carbons (Fsp3) is 0.462. The van der Waals surface area contributed by atoms with E-state index in [1.165, 1.54) is 0 Å². The van der Waals surface area contributed by atoms with Crippen molar-refractivity contribution >= 4 is 24.0 Å². The molecule has 0 aliphatic carbocycles. The zero-order valence-corrected chi connectivity index (χ0v) is 11.9. The number of anilines is 1. The van der Waals surface area contributed by atoms with E-state index in [-0.39, 0.29) is 24.6 Å². The second-order valence-corrected chi connectivity index (χ2v) is 4.80. The highest BCUT2D eigenvalue weighted by atomic mass is 35.5. The highest BCUT2D eigenvalue weighted by Gasteiger charge is 2.38. The zero-order valence-electron chi connectivity index (χ0n) is 11.1. The number of carbonyl (C=O) groups is 1. The van der Waals surface area contributed by atoms with Gasteiger partial charge in [-0.3, -0.25) is 4.79 Å². The third kappa shape index (κ3) is 3.66. The number of amides is 1. The summed E-state index contributed by atoms with van der Waals surface area (Å²) in [6, 6.07) is 1.47. The van der Waals surface area contributed by atoms with Crippen LogP contribution in [-0.2, 0) is 9.53 Å². The quantitative estimate of drug-likeness (QED) is 0.838.